The molecule has 0 aliphatic heterocycles. The van der Waals surface area contributed by atoms with E-state index in [1.54, 1.807) is 0 Å². The van der Waals surface area contributed by atoms with Crippen molar-refractivity contribution in [2.24, 2.45) is 47.3 Å². The first-order chi connectivity index (χ1) is 14.7. The zero-order valence-electron chi connectivity index (χ0n) is 19.3. The molecule has 4 aliphatic carbocycles. The number of carbonyl (C=O) groups excluding carboxylic acids is 3. The Morgan fingerprint density at radius 2 is 1.32 bits per heavy atom. The summed E-state index contributed by atoms with van der Waals surface area (Å²) < 4.78 is 10.4. The molecule has 4 bridgehead atoms. The summed E-state index contributed by atoms with van der Waals surface area (Å²) in [5, 5.41) is 6.11. The van der Waals surface area contributed by atoms with Gasteiger partial charge in [0.05, 0.1) is 13.0 Å². The largest absolute Gasteiger partial charge is 0.469 e. The van der Waals surface area contributed by atoms with Crippen LogP contribution in [0, 0.1) is 47.3 Å². The van der Waals surface area contributed by atoms with Crippen molar-refractivity contribution in [2.75, 3.05) is 20.2 Å². The maximum atomic E-state index is 13.3. The number of nitrogens with one attached hydrogen (secondary N) is 2. The van der Waals surface area contributed by atoms with E-state index in [-0.39, 0.29) is 35.5 Å². The Kier molecular flexibility index (Phi) is 6.23. The lowest BCUT2D eigenvalue weighted by molar-refractivity contribution is -0.149. The number of rotatable bonds is 6. The zero-order chi connectivity index (χ0) is 22.3. The number of esters is 1. The number of alkyl carbamates (subject to hydrolysis) is 1. The van der Waals surface area contributed by atoms with Crippen molar-refractivity contribution in [3.05, 3.63) is 0 Å². The van der Waals surface area contributed by atoms with Crippen LogP contribution in [0.3, 0.4) is 0 Å². The Balaban J connectivity index is 1.34. The van der Waals surface area contributed by atoms with Gasteiger partial charge in [-0.3, -0.25) is 9.59 Å². The third-order valence-electron chi connectivity index (χ3n) is 8.35. The second-order valence-corrected chi connectivity index (χ2v) is 11.2. The molecule has 0 heterocycles. The van der Waals surface area contributed by atoms with Gasteiger partial charge in [0, 0.05) is 19.0 Å². The molecule has 4 saturated carbocycles. The van der Waals surface area contributed by atoms with E-state index in [0.717, 1.165) is 38.5 Å². The Labute approximate surface area is 185 Å². The Hall–Kier alpha value is -1.79. The van der Waals surface area contributed by atoms with E-state index in [0.29, 0.717) is 36.8 Å². The third-order valence-corrected chi connectivity index (χ3v) is 8.35. The first-order valence-electron chi connectivity index (χ1n) is 12.0. The molecule has 174 valence electrons. The summed E-state index contributed by atoms with van der Waals surface area (Å²) in [5.41, 5.74) is -0.535. The lowest BCUT2D eigenvalue weighted by atomic mass is 9.77. The van der Waals surface area contributed by atoms with Crippen molar-refractivity contribution in [1.82, 2.24) is 10.6 Å². The smallest absolute Gasteiger partial charge is 0.407 e. The van der Waals surface area contributed by atoms with Gasteiger partial charge in [-0.2, -0.15) is 0 Å². The maximum Gasteiger partial charge on any atom is 0.407 e. The second-order valence-electron chi connectivity index (χ2n) is 11.2. The van der Waals surface area contributed by atoms with Crippen LogP contribution in [0.2, 0.25) is 0 Å². The number of fused-ring (bicyclic) bond motifs is 4. The summed E-state index contributed by atoms with van der Waals surface area (Å²) in [5.74, 6) is 1.98. The lowest BCUT2D eigenvalue weighted by Crippen LogP contribution is -2.46. The lowest BCUT2D eigenvalue weighted by Gasteiger charge is -2.33. The van der Waals surface area contributed by atoms with Gasteiger partial charge < -0.3 is 20.1 Å². The minimum absolute atomic E-state index is 0.0659. The van der Waals surface area contributed by atoms with Gasteiger partial charge in [0.1, 0.15) is 5.60 Å². The Bertz CT molecular complexity index is 717. The van der Waals surface area contributed by atoms with E-state index in [1.807, 2.05) is 20.8 Å². The van der Waals surface area contributed by atoms with Gasteiger partial charge >= 0.3 is 12.1 Å². The van der Waals surface area contributed by atoms with Crippen molar-refractivity contribution < 1.29 is 23.9 Å². The van der Waals surface area contributed by atoms with Crippen molar-refractivity contribution >= 4 is 18.0 Å². The highest BCUT2D eigenvalue weighted by Gasteiger charge is 2.53. The van der Waals surface area contributed by atoms with Crippen LogP contribution in [0.4, 0.5) is 4.79 Å². The van der Waals surface area contributed by atoms with Crippen molar-refractivity contribution in [3.63, 3.8) is 0 Å². The van der Waals surface area contributed by atoms with Crippen LogP contribution in [-0.4, -0.2) is 43.8 Å². The van der Waals surface area contributed by atoms with Crippen LogP contribution in [0.25, 0.3) is 0 Å². The van der Waals surface area contributed by atoms with Crippen LogP contribution in [0.15, 0.2) is 0 Å². The first kappa shape index (κ1) is 22.4. The highest BCUT2D eigenvalue weighted by Crippen LogP contribution is 2.54. The normalized spacial score (nSPS) is 38.2. The summed E-state index contributed by atoms with van der Waals surface area (Å²) in [6.07, 6.45) is 6.19. The predicted molar refractivity (Wildman–Crippen MR) is 115 cm³/mol. The van der Waals surface area contributed by atoms with E-state index in [1.165, 1.54) is 7.11 Å². The van der Waals surface area contributed by atoms with E-state index in [9.17, 15) is 14.4 Å². The molecule has 4 fully saturated rings. The molecule has 31 heavy (non-hydrogen) atoms. The Morgan fingerprint density at radius 3 is 1.90 bits per heavy atom. The van der Waals surface area contributed by atoms with Crippen molar-refractivity contribution in [3.8, 4) is 0 Å². The van der Waals surface area contributed by atoms with Gasteiger partial charge in [-0.15, -0.1) is 0 Å². The summed E-state index contributed by atoms with van der Waals surface area (Å²) in [6.45, 7) is 6.57. The van der Waals surface area contributed by atoms with Gasteiger partial charge in [0.15, 0.2) is 0 Å². The van der Waals surface area contributed by atoms with E-state index in [4.69, 9.17) is 9.47 Å². The molecule has 2 N–H and O–H groups in total. The molecule has 4 aliphatic rings. The molecular formula is C24H38N2O5. The highest BCUT2D eigenvalue weighted by molar-refractivity contribution is 5.80. The fourth-order valence-electron chi connectivity index (χ4n) is 7.17. The molecule has 4 rings (SSSR count). The molecular weight excluding hydrogens is 396 g/mol. The van der Waals surface area contributed by atoms with Gasteiger partial charge in [-0.05, 0) is 94.8 Å². The summed E-state index contributed by atoms with van der Waals surface area (Å²) in [6, 6.07) is 0. The molecule has 0 saturated heterocycles. The van der Waals surface area contributed by atoms with Crippen LogP contribution in [0.5, 0.6) is 0 Å². The number of hydrogen-bond acceptors (Lipinski definition) is 5. The maximum absolute atomic E-state index is 13.3. The topological polar surface area (TPSA) is 93.7 Å². The van der Waals surface area contributed by atoms with Crippen LogP contribution >= 0.6 is 0 Å². The fourth-order valence-corrected chi connectivity index (χ4v) is 7.17. The van der Waals surface area contributed by atoms with E-state index >= 15 is 0 Å². The number of carbonyl (C=O) groups is 3. The molecule has 2 amide bonds. The number of amides is 2. The molecule has 0 aromatic rings. The monoisotopic (exact) mass is 434 g/mol. The minimum atomic E-state index is -0.535. The third kappa shape index (κ3) is 4.56. The van der Waals surface area contributed by atoms with Gasteiger partial charge in [-0.1, -0.05) is 0 Å². The predicted octanol–water partition coefficient (Wildman–Crippen LogP) is 3.12. The SMILES string of the molecule is COC(=O)[C@H]1[C@H]2CC[C@H](C2)[C@@H]1CNC(=O)[C@H]1[C@H]2CC[C@H](C2)[C@@H]1CNC(=O)OC(C)(C)C. The average Bonchev–Trinajstić information content (AvgIpc) is 3.48. The van der Waals surface area contributed by atoms with Crippen LogP contribution < -0.4 is 10.6 Å². The first-order valence-corrected chi connectivity index (χ1v) is 12.0. The highest BCUT2D eigenvalue weighted by atomic mass is 16.6. The average molecular weight is 435 g/mol. The molecule has 0 spiro atoms. The molecule has 0 radical (unpaired) electrons. The van der Waals surface area contributed by atoms with E-state index < -0.39 is 11.7 Å². The standard InChI is InChI=1S/C24H38N2O5/c1-24(2,3)31-23(29)26-12-17-13-5-7-15(9-13)19(17)21(27)25-11-18-14-6-8-16(10-14)20(18)22(28)30-4/h13-20H,5-12H2,1-4H3,(H,25,27)(H,26,29)/t13-,14-,15+,16+,17+,18+,19+,20+/m1/s1. The zero-order valence-corrected chi connectivity index (χ0v) is 19.3. The number of hydrogen-bond donors (Lipinski definition) is 2. The molecule has 7 nitrogen and oxygen atoms in total. The minimum Gasteiger partial charge on any atom is -0.469 e. The fraction of sp³-hybridized carbons (Fsp3) is 0.875. The number of ether oxygens (including phenoxy) is 2. The molecule has 0 unspecified atom stereocenters. The van der Waals surface area contributed by atoms with Gasteiger partial charge in [-0.25, -0.2) is 4.79 Å². The number of methoxy groups -OCH3 is 1. The quantitative estimate of drug-likeness (QED) is 0.627. The summed E-state index contributed by atoms with van der Waals surface area (Å²) >= 11 is 0. The molecule has 0 aromatic carbocycles. The van der Waals surface area contributed by atoms with Crippen LogP contribution in [-0.2, 0) is 19.1 Å². The van der Waals surface area contributed by atoms with Crippen molar-refractivity contribution in [1.29, 1.82) is 0 Å². The van der Waals surface area contributed by atoms with Gasteiger partial charge in [0.2, 0.25) is 5.91 Å². The second kappa shape index (κ2) is 8.62. The van der Waals surface area contributed by atoms with Crippen molar-refractivity contribution in [2.45, 2.75) is 64.9 Å². The summed E-state index contributed by atoms with van der Waals surface area (Å²) in [4.78, 5) is 37.7. The molecule has 0 aromatic heterocycles. The Morgan fingerprint density at radius 1 is 0.806 bits per heavy atom. The van der Waals surface area contributed by atoms with Gasteiger partial charge in [0.25, 0.3) is 0 Å². The molecule has 8 atom stereocenters. The van der Waals surface area contributed by atoms with E-state index in [2.05, 4.69) is 10.6 Å². The summed E-state index contributed by atoms with van der Waals surface area (Å²) in [7, 11) is 1.46. The molecule has 7 heteroatoms. The van der Waals surface area contributed by atoms with Crippen LogP contribution in [0.1, 0.15) is 59.3 Å².